The SMILES string of the molecule is C[CH]COC(=O)C1=CC=CCC1. The van der Waals surface area contributed by atoms with E-state index in [0.29, 0.717) is 6.61 Å². The molecule has 0 N–H and O–H groups in total. The van der Waals surface area contributed by atoms with E-state index in [9.17, 15) is 4.79 Å². The van der Waals surface area contributed by atoms with E-state index in [1.807, 2.05) is 31.6 Å². The molecule has 0 aromatic rings. The maximum Gasteiger partial charge on any atom is 0.334 e. The quantitative estimate of drug-likeness (QED) is 0.598. The summed E-state index contributed by atoms with van der Waals surface area (Å²) in [6.45, 7) is 2.27. The predicted molar refractivity (Wildman–Crippen MR) is 47.4 cm³/mol. The number of esters is 1. The van der Waals surface area contributed by atoms with Crippen LogP contribution in [0.15, 0.2) is 23.8 Å². The van der Waals surface area contributed by atoms with Crippen LogP contribution in [-0.2, 0) is 9.53 Å². The zero-order valence-electron chi connectivity index (χ0n) is 7.25. The summed E-state index contributed by atoms with van der Waals surface area (Å²) in [7, 11) is 0. The van der Waals surface area contributed by atoms with Crippen molar-refractivity contribution in [2.24, 2.45) is 0 Å². The van der Waals surface area contributed by atoms with Gasteiger partial charge in [-0.15, -0.1) is 0 Å². The Balaban J connectivity index is 2.40. The van der Waals surface area contributed by atoms with Crippen molar-refractivity contribution in [1.29, 1.82) is 0 Å². The average Bonchev–Trinajstić information content (AvgIpc) is 2.15. The lowest BCUT2D eigenvalue weighted by atomic mass is 10.1. The lowest BCUT2D eigenvalue weighted by Crippen LogP contribution is -2.09. The first-order valence-corrected chi connectivity index (χ1v) is 4.15. The first-order valence-electron chi connectivity index (χ1n) is 4.15. The first kappa shape index (κ1) is 9.04. The molecule has 2 nitrogen and oxygen atoms in total. The van der Waals surface area contributed by atoms with Gasteiger partial charge in [-0.1, -0.05) is 25.2 Å². The van der Waals surface area contributed by atoms with Crippen LogP contribution in [0, 0.1) is 6.42 Å². The summed E-state index contributed by atoms with van der Waals surface area (Å²) in [6.07, 6.45) is 9.33. The molecule has 0 spiro atoms. The van der Waals surface area contributed by atoms with Crippen LogP contribution in [0.25, 0.3) is 0 Å². The van der Waals surface area contributed by atoms with Gasteiger partial charge in [-0.2, -0.15) is 0 Å². The molecule has 0 saturated heterocycles. The Bertz CT molecular complexity index is 214. The van der Waals surface area contributed by atoms with Crippen molar-refractivity contribution in [3.05, 3.63) is 30.2 Å². The molecule has 65 valence electrons. The Morgan fingerprint density at radius 1 is 1.75 bits per heavy atom. The van der Waals surface area contributed by atoms with Crippen LogP contribution in [0.1, 0.15) is 19.8 Å². The number of rotatable bonds is 3. The van der Waals surface area contributed by atoms with Gasteiger partial charge in [0.05, 0.1) is 6.61 Å². The molecule has 2 heteroatoms. The third-order valence-corrected chi connectivity index (χ3v) is 1.66. The summed E-state index contributed by atoms with van der Waals surface area (Å²) in [6, 6.07) is 0. The van der Waals surface area contributed by atoms with Gasteiger partial charge in [-0.25, -0.2) is 4.79 Å². The maximum atomic E-state index is 11.2. The molecule has 0 unspecified atom stereocenters. The van der Waals surface area contributed by atoms with Crippen molar-refractivity contribution in [2.45, 2.75) is 19.8 Å². The number of allylic oxidation sites excluding steroid dienone is 3. The second kappa shape index (κ2) is 4.75. The van der Waals surface area contributed by atoms with Crippen molar-refractivity contribution < 1.29 is 9.53 Å². The van der Waals surface area contributed by atoms with Crippen molar-refractivity contribution in [3.8, 4) is 0 Å². The minimum absolute atomic E-state index is 0.183. The predicted octanol–water partition coefficient (Wildman–Crippen LogP) is 2.03. The van der Waals surface area contributed by atoms with Gasteiger partial charge < -0.3 is 4.74 Å². The molecule has 0 aromatic heterocycles. The van der Waals surface area contributed by atoms with Gasteiger partial charge in [-0.3, -0.25) is 0 Å². The van der Waals surface area contributed by atoms with Crippen LogP contribution in [0.5, 0.6) is 0 Å². The fourth-order valence-electron chi connectivity index (χ4n) is 1.02. The van der Waals surface area contributed by atoms with Crippen LogP contribution in [-0.4, -0.2) is 12.6 Å². The normalized spacial score (nSPS) is 15.6. The molecule has 1 rings (SSSR count). The fraction of sp³-hybridized carbons (Fsp3) is 0.400. The molecule has 0 bridgehead atoms. The van der Waals surface area contributed by atoms with Gasteiger partial charge in [0.15, 0.2) is 0 Å². The van der Waals surface area contributed by atoms with Gasteiger partial charge in [-0.05, 0) is 19.3 Å². The van der Waals surface area contributed by atoms with Crippen molar-refractivity contribution in [1.82, 2.24) is 0 Å². The molecule has 0 saturated carbocycles. The lowest BCUT2D eigenvalue weighted by molar-refractivity contribution is -0.138. The van der Waals surface area contributed by atoms with Gasteiger partial charge in [0.25, 0.3) is 0 Å². The van der Waals surface area contributed by atoms with E-state index in [1.165, 1.54) is 0 Å². The van der Waals surface area contributed by atoms with Crippen LogP contribution < -0.4 is 0 Å². The highest BCUT2D eigenvalue weighted by molar-refractivity contribution is 5.89. The Hall–Kier alpha value is -1.05. The summed E-state index contributed by atoms with van der Waals surface area (Å²) in [5.41, 5.74) is 0.777. The van der Waals surface area contributed by atoms with Crippen LogP contribution in [0.3, 0.4) is 0 Å². The maximum absolute atomic E-state index is 11.2. The smallest absolute Gasteiger partial charge is 0.334 e. The fourth-order valence-corrected chi connectivity index (χ4v) is 1.02. The number of carbonyl (C=O) groups is 1. The standard InChI is InChI=1S/C10H13O2/c1-2-8-12-10(11)9-6-4-3-5-7-9/h2-4,6H,5,7-8H2,1H3. The van der Waals surface area contributed by atoms with Crippen LogP contribution >= 0.6 is 0 Å². The number of hydrogen-bond acceptors (Lipinski definition) is 2. The molecule has 1 aliphatic rings. The zero-order chi connectivity index (χ0) is 8.81. The molecule has 12 heavy (non-hydrogen) atoms. The summed E-state index contributed by atoms with van der Waals surface area (Å²) in [4.78, 5) is 11.2. The molecular weight excluding hydrogens is 152 g/mol. The number of hydrogen-bond donors (Lipinski definition) is 0. The summed E-state index contributed by atoms with van der Waals surface area (Å²) < 4.78 is 4.93. The highest BCUT2D eigenvalue weighted by Crippen LogP contribution is 2.12. The lowest BCUT2D eigenvalue weighted by Gasteiger charge is -2.07. The monoisotopic (exact) mass is 165 g/mol. The second-order valence-electron chi connectivity index (χ2n) is 2.67. The Labute approximate surface area is 72.9 Å². The number of ether oxygens (including phenoxy) is 1. The van der Waals surface area contributed by atoms with Gasteiger partial charge in [0.1, 0.15) is 0 Å². The van der Waals surface area contributed by atoms with E-state index in [4.69, 9.17) is 4.74 Å². The summed E-state index contributed by atoms with van der Waals surface area (Å²) in [5, 5.41) is 0. The molecule has 0 atom stereocenters. The zero-order valence-corrected chi connectivity index (χ0v) is 7.25. The molecule has 0 fully saturated rings. The Kier molecular flexibility index (Phi) is 3.58. The average molecular weight is 165 g/mol. The molecule has 1 radical (unpaired) electrons. The molecular formula is C10H13O2. The van der Waals surface area contributed by atoms with Gasteiger partial charge >= 0.3 is 5.97 Å². The molecule has 0 aromatic carbocycles. The minimum atomic E-state index is -0.183. The first-order chi connectivity index (χ1) is 5.84. The summed E-state index contributed by atoms with van der Waals surface area (Å²) >= 11 is 0. The number of carbonyl (C=O) groups excluding carboxylic acids is 1. The van der Waals surface area contributed by atoms with E-state index in [1.54, 1.807) is 0 Å². The van der Waals surface area contributed by atoms with E-state index in [2.05, 4.69) is 0 Å². The van der Waals surface area contributed by atoms with E-state index in [-0.39, 0.29) is 5.97 Å². The topological polar surface area (TPSA) is 26.3 Å². The third kappa shape index (κ3) is 2.53. The minimum Gasteiger partial charge on any atom is -0.462 e. The van der Waals surface area contributed by atoms with Gasteiger partial charge in [0.2, 0.25) is 0 Å². The van der Waals surface area contributed by atoms with Crippen LogP contribution in [0.4, 0.5) is 0 Å². The molecule has 0 heterocycles. The summed E-state index contributed by atoms with van der Waals surface area (Å²) in [5.74, 6) is -0.183. The highest BCUT2D eigenvalue weighted by atomic mass is 16.5. The van der Waals surface area contributed by atoms with E-state index >= 15 is 0 Å². The van der Waals surface area contributed by atoms with Gasteiger partial charge in [0, 0.05) is 5.57 Å². The molecule has 1 aliphatic carbocycles. The van der Waals surface area contributed by atoms with Crippen molar-refractivity contribution in [2.75, 3.05) is 6.61 Å². The molecule has 0 aliphatic heterocycles. The van der Waals surface area contributed by atoms with Crippen molar-refractivity contribution >= 4 is 5.97 Å². The Morgan fingerprint density at radius 2 is 2.58 bits per heavy atom. The largest absolute Gasteiger partial charge is 0.462 e. The third-order valence-electron chi connectivity index (χ3n) is 1.66. The molecule has 0 amide bonds. The van der Waals surface area contributed by atoms with Crippen LogP contribution in [0.2, 0.25) is 0 Å². The second-order valence-corrected chi connectivity index (χ2v) is 2.67. The van der Waals surface area contributed by atoms with Crippen molar-refractivity contribution in [3.63, 3.8) is 0 Å². The Morgan fingerprint density at radius 3 is 3.17 bits per heavy atom. The van der Waals surface area contributed by atoms with E-state index in [0.717, 1.165) is 18.4 Å². The highest BCUT2D eigenvalue weighted by Gasteiger charge is 2.10. The van der Waals surface area contributed by atoms with E-state index < -0.39 is 0 Å².